The summed E-state index contributed by atoms with van der Waals surface area (Å²) in [7, 11) is 1.63. The van der Waals surface area contributed by atoms with Gasteiger partial charge < -0.3 is 14.2 Å². The van der Waals surface area contributed by atoms with Crippen LogP contribution in [0.3, 0.4) is 0 Å². The monoisotopic (exact) mass is 449 g/mol. The van der Waals surface area contributed by atoms with Crippen LogP contribution in [0.25, 0.3) is 12.2 Å². The first-order valence-electron chi connectivity index (χ1n) is 11.5. The summed E-state index contributed by atoms with van der Waals surface area (Å²) in [6.07, 6.45) is 7.83. The third-order valence-electron chi connectivity index (χ3n) is 5.76. The number of rotatable bonds is 10. The highest BCUT2D eigenvalue weighted by Crippen LogP contribution is 2.28. The van der Waals surface area contributed by atoms with Crippen molar-refractivity contribution in [3.05, 3.63) is 70.3 Å². The molecule has 0 spiro atoms. The van der Waals surface area contributed by atoms with E-state index < -0.39 is 0 Å². The van der Waals surface area contributed by atoms with Gasteiger partial charge in [0.2, 0.25) is 0 Å². The number of carbonyl (C=O) groups excluding carboxylic acids is 1. The van der Waals surface area contributed by atoms with Crippen molar-refractivity contribution in [1.29, 1.82) is 0 Å². The Morgan fingerprint density at radius 2 is 1.70 bits per heavy atom. The molecule has 33 heavy (non-hydrogen) atoms. The highest BCUT2D eigenvalue weighted by molar-refractivity contribution is 6.04. The number of hydrogen-bond acceptors (Lipinski definition) is 5. The molecule has 0 unspecified atom stereocenters. The summed E-state index contributed by atoms with van der Waals surface area (Å²) < 4.78 is 16.8. The van der Waals surface area contributed by atoms with Gasteiger partial charge >= 0.3 is 0 Å². The predicted molar refractivity (Wildman–Crippen MR) is 134 cm³/mol. The van der Waals surface area contributed by atoms with Crippen LogP contribution in [0, 0.1) is 20.8 Å². The average molecular weight is 450 g/mol. The number of carbonyl (C=O) groups is 1. The Bertz CT molecular complexity index is 980. The van der Waals surface area contributed by atoms with E-state index in [2.05, 4.69) is 37.8 Å². The molecule has 1 heterocycles. The smallest absolute Gasteiger partial charge is 0.178 e. The minimum Gasteiger partial charge on any atom is -0.493 e. The van der Waals surface area contributed by atoms with Gasteiger partial charge in [-0.2, -0.15) is 0 Å². The van der Waals surface area contributed by atoms with Crippen LogP contribution in [-0.2, 0) is 9.53 Å². The van der Waals surface area contributed by atoms with Crippen molar-refractivity contribution in [3.63, 3.8) is 0 Å². The second kappa shape index (κ2) is 12.4. The van der Waals surface area contributed by atoms with Crippen LogP contribution in [-0.4, -0.2) is 57.2 Å². The maximum absolute atomic E-state index is 12.4. The van der Waals surface area contributed by atoms with Gasteiger partial charge in [0.15, 0.2) is 17.3 Å². The van der Waals surface area contributed by atoms with Crippen molar-refractivity contribution < 1.29 is 19.0 Å². The van der Waals surface area contributed by atoms with Crippen molar-refractivity contribution >= 4 is 17.9 Å². The molecular weight excluding hydrogens is 414 g/mol. The summed E-state index contributed by atoms with van der Waals surface area (Å²) in [6, 6.07) is 9.98. The molecule has 3 rings (SSSR count). The fraction of sp³-hybridized carbons (Fsp3) is 0.393. The zero-order valence-electron chi connectivity index (χ0n) is 20.2. The van der Waals surface area contributed by atoms with Gasteiger partial charge in [0.25, 0.3) is 0 Å². The summed E-state index contributed by atoms with van der Waals surface area (Å²) in [5.41, 5.74) is 5.56. The van der Waals surface area contributed by atoms with Gasteiger partial charge in [-0.3, -0.25) is 9.69 Å². The summed E-state index contributed by atoms with van der Waals surface area (Å²) in [5.74, 6) is 1.32. The molecular formula is C28H35NO4. The number of ether oxygens (including phenoxy) is 3. The summed E-state index contributed by atoms with van der Waals surface area (Å²) in [5, 5.41) is 0. The van der Waals surface area contributed by atoms with E-state index in [9.17, 15) is 4.79 Å². The Morgan fingerprint density at radius 1 is 1.00 bits per heavy atom. The number of methoxy groups -OCH3 is 1. The summed E-state index contributed by atoms with van der Waals surface area (Å²) in [6.45, 7) is 11.5. The summed E-state index contributed by atoms with van der Waals surface area (Å²) in [4.78, 5) is 14.8. The van der Waals surface area contributed by atoms with E-state index >= 15 is 0 Å². The first kappa shape index (κ1) is 24.7. The molecule has 1 fully saturated rings. The van der Waals surface area contributed by atoms with E-state index in [-0.39, 0.29) is 5.78 Å². The molecule has 0 aromatic heterocycles. The number of aryl methyl sites for hydroxylation is 3. The molecule has 2 aromatic rings. The third kappa shape index (κ3) is 7.58. The highest BCUT2D eigenvalue weighted by Gasteiger charge is 2.10. The lowest BCUT2D eigenvalue weighted by molar-refractivity contribution is -0.110. The van der Waals surface area contributed by atoms with Gasteiger partial charge in [-0.1, -0.05) is 35.9 Å². The summed E-state index contributed by atoms with van der Waals surface area (Å²) >= 11 is 0. The zero-order valence-corrected chi connectivity index (χ0v) is 20.2. The Labute approximate surface area is 197 Å². The molecule has 0 bridgehead atoms. The maximum Gasteiger partial charge on any atom is 0.178 e. The van der Waals surface area contributed by atoms with Gasteiger partial charge in [0, 0.05) is 19.6 Å². The molecule has 2 aromatic carbocycles. The lowest BCUT2D eigenvalue weighted by atomic mass is 9.99. The Balaban J connectivity index is 1.54. The minimum absolute atomic E-state index is 0.0585. The van der Waals surface area contributed by atoms with Gasteiger partial charge in [0.05, 0.1) is 26.9 Å². The van der Waals surface area contributed by atoms with Crippen LogP contribution in [0.1, 0.15) is 34.2 Å². The van der Waals surface area contributed by atoms with Gasteiger partial charge in [-0.15, -0.1) is 0 Å². The van der Waals surface area contributed by atoms with Crippen LogP contribution in [0.15, 0.2) is 42.5 Å². The molecule has 1 aliphatic heterocycles. The molecule has 0 atom stereocenters. The Kier molecular flexibility index (Phi) is 9.28. The van der Waals surface area contributed by atoms with E-state index in [1.54, 1.807) is 25.3 Å². The molecule has 5 nitrogen and oxygen atoms in total. The first-order valence-corrected chi connectivity index (χ1v) is 11.5. The van der Waals surface area contributed by atoms with Gasteiger partial charge in [-0.05, 0) is 73.7 Å². The lowest BCUT2D eigenvalue weighted by Crippen LogP contribution is -2.37. The lowest BCUT2D eigenvalue weighted by Gasteiger charge is -2.26. The van der Waals surface area contributed by atoms with Crippen molar-refractivity contribution in [2.75, 3.05) is 46.6 Å². The highest BCUT2D eigenvalue weighted by atomic mass is 16.5. The maximum atomic E-state index is 12.4. The SMILES string of the molecule is COc1cc(/C=C/C(=O)/C=C/c2c(C)cc(C)cc2C)ccc1OCCCN1CCOCC1. The second-order valence-electron chi connectivity index (χ2n) is 8.45. The molecule has 0 radical (unpaired) electrons. The van der Waals surface area contributed by atoms with Crippen molar-refractivity contribution in [2.24, 2.45) is 0 Å². The average Bonchev–Trinajstić information content (AvgIpc) is 2.80. The number of allylic oxidation sites excluding steroid dienone is 2. The normalized spacial score (nSPS) is 14.8. The van der Waals surface area contributed by atoms with E-state index in [1.807, 2.05) is 24.3 Å². The fourth-order valence-electron chi connectivity index (χ4n) is 4.06. The number of hydrogen-bond donors (Lipinski definition) is 0. The van der Waals surface area contributed by atoms with Crippen molar-refractivity contribution in [1.82, 2.24) is 4.90 Å². The quantitative estimate of drug-likeness (QED) is 0.377. The minimum atomic E-state index is -0.0585. The van der Waals surface area contributed by atoms with Crippen LogP contribution in [0.2, 0.25) is 0 Å². The van der Waals surface area contributed by atoms with Crippen LogP contribution >= 0.6 is 0 Å². The van der Waals surface area contributed by atoms with E-state index in [0.717, 1.165) is 50.4 Å². The molecule has 0 amide bonds. The molecule has 5 heteroatoms. The largest absolute Gasteiger partial charge is 0.493 e. The first-order chi connectivity index (χ1) is 16.0. The fourth-order valence-corrected chi connectivity index (χ4v) is 4.06. The number of nitrogens with zero attached hydrogens (tertiary/aromatic N) is 1. The number of benzene rings is 2. The molecule has 176 valence electrons. The topological polar surface area (TPSA) is 48.0 Å². The van der Waals surface area contributed by atoms with Gasteiger partial charge in [-0.25, -0.2) is 0 Å². The molecule has 0 N–H and O–H groups in total. The van der Waals surface area contributed by atoms with E-state index in [0.29, 0.717) is 18.1 Å². The zero-order chi connectivity index (χ0) is 23.6. The van der Waals surface area contributed by atoms with E-state index in [1.165, 1.54) is 16.7 Å². The number of morpholine rings is 1. The van der Waals surface area contributed by atoms with Crippen molar-refractivity contribution in [3.8, 4) is 11.5 Å². The Hall–Kier alpha value is -2.89. The second-order valence-corrected chi connectivity index (χ2v) is 8.45. The molecule has 1 saturated heterocycles. The molecule has 0 saturated carbocycles. The third-order valence-corrected chi connectivity index (χ3v) is 5.76. The standard InChI is InChI=1S/C28H35NO4/c1-21-18-22(2)26(23(3)19-21)10-9-25(30)8-6-24-7-11-27(28(20-24)31-4)33-15-5-12-29-13-16-32-17-14-29/h6-11,18-20H,5,12-17H2,1-4H3/b8-6+,10-9+. The molecule has 0 aliphatic carbocycles. The van der Waals surface area contributed by atoms with Crippen LogP contribution in [0.4, 0.5) is 0 Å². The van der Waals surface area contributed by atoms with Gasteiger partial charge in [0.1, 0.15) is 0 Å². The van der Waals surface area contributed by atoms with Crippen molar-refractivity contribution in [2.45, 2.75) is 27.2 Å². The van der Waals surface area contributed by atoms with Crippen LogP contribution < -0.4 is 9.47 Å². The number of ketones is 1. The van der Waals surface area contributed by atoms with Crippen LogP contribution in [0.5, 0.6) is 11.5 Å². The Morgan fingerprint density at radius 3 is 2.39 bits per heavy atom. The predicted octanol–water partition coefficient (Wildman–Crippen LogP) is 5.02. The van der Waals surface area contributed by atoms with E-state index in [4.69, 9.17) is 14.2 Å². The molecule has 1 aliphatic rings.